The van der Waals surface area contributed by atoms with Crippen LogP contribution < -0.4 is 5.32 Å². The highest BCUT2D eigenvalue weighted by atomic mass is 19.4. The van der Waals surface area contributed by atoms with Gasteiger partial charge in [-0.1, -0.05) is 6.58 Å². The molecule has 1 unspecified atom stereocenters. The van der Waals surface area contributed by atoms with Crippen LogP contribution >= 0.6 is 0 Å². The molecule has 0 aromatic heterocycles. The first-order chi connectivity index (χ1) is 14.1. The minimum absolute atomic E-state index is 0.296. The highest BCUT2D eigenvalue weighted by Crippen LogP contribution is 2.40. The van der Waals surface area contributed by atoms with Crippen molar-refractivity contribution in [2.75, 3.05) is 13.1 Å². The summed E-state index contributed by atoms with van der Waals surface area (Å²) in [5.41, 5.74) is -1.87. The zero-order valence-electron chi connectivity index (χ0n) is 17.1. The summed E-state index contributed by atoms with van der Waals surface area (Å²) < 4.78 is 85.8. The molecule has 1 N–H and O–H groups in total. The van der Waals surface area contributed by atoms with Gasteiger partial charge < -0.3 is 15.0 Å². The molecule has 11 heteroatoms. The van der Waals surface area contributed by atoms with Crippen molar-refractivity contribution in [3.63, 3.8) is 0 Å². The number of hydrogen-bond donors (Lipinski definition) is 1. The largest absolute Gasteiger partial charge is 0.444 e. The van der Waals surface area contributed by atoms with Crippen molar-refractivity contribution in [2.45, 2.75) is 44.9 Å². The number of amides is 2. The molecule has 2 atom stereocenters. The summed E-state index contributed by atoms with van der Waals surface area (Å²) in [5, 5.41) is 2.29. The Bertz CT molecular complexity index is 879. The lowest BCUT2D eigenvalue weighted by Crippen LogP contribution is -2.50. The maximum absolute atomic E-state index is 14.3. The Labute approximate surface area is 175 Å². The number of allylic oxidation sites excluding steroid dienone is 1. The van der Waals surface area contributed by atoms with E-state index in [1.54, 1.807) is 20.8 Å². The van der Waals surface area contributed by atoms with Crippen LogP contribution in [-0.4, -0.2) is 41.8 Å². The summed E-state index contributed by atoms with van der Waals surface area (Å²) in [6.45, 7) is 6.07. The van der Waals surface area contributed by atoms with Gasteiger partial charge in [0.15, 0.2) is 11.6 Å². The highest BCUT2D eigenvalue weighted by Gasteiger charge is 2.44. The van der Waals surface area contributed by atoms with Gasteiger partial charge in [0.25, 0.3) is 0 Å². The first kappa shape index (κ1) is 24.5. The number of likely N-dealkylation sites (tertiary alicyclic amines) is 1. The summed E-state index contributed by atoms with van der Waals surface area (Å²) in [7, 11) is 0. The van der Waals surface area contributed by atoms with Gasteiger partial charge in [-0.15, -0.1) is 0 Å². The maximum Gasteiger partial charge on any atom is 0.407 e. The Balaban J connectivity index is 2.35. The number of ether oxygens (including phenoxy) is 1. The number of halogens is 6. The standard InChI is InChI=1S/C20H22F6N2O3/c1-10-13(14-6-12(21)7-15(22)16(14)23)5-11(8-27-18(30)31-19(2,3)4)17(29)28(10)9-20(24,25)26/h6-7,11,13H,1,5,8-9H2,2-4H3,(H,27,30)/t11?,13-/m1/s1. The normalized spacial score (nSPS) is 20.1. The van der Waals surface area contributed by atoms with Crippen LogP contribution in [-0.2, 0) is 9.53 Å². The number of hydrogen-bond acceptors (Lipinski definition) is 3. The first-order valence-electron chi connectivity index (χ1n) is 9.27. The highest BCUT2D eigenvalue weighted by molar-refractivity contribution is 5.83. The number of carbonyl (C=O) groups is 2. The number of piperidine rings is 1. The van der Waals surface area contributed by atoms with Gasteiger partial charge in [0.05, 0.1) is 5.92 Å². The average molecular weight is 452 g/mol. The number of benzene rings is 1. The number of alkyl halides is 3. The van der Waals surface area contributed by atoms with E-state index in [-0.39, 0.29) is 6.42 Å². The predicted octanol–water partition coefficient (Wildman–Crippen LogP) is 4.64. The molecule has 1 fully saturated rings. The zero-order valence-corrected chi connectivity index (χ0v) is 17.1. The lowest BCUT2D eigenvalue weighted by Gasteiger charge is -2.39. The second-order valence-electron chi connectivity index (χ2n) is 8.19. The molecule has 1 aliphatic rings. The van der Waals surface area contributed by atoms with Crippen molar-refractivity contribution in [3.05, 3.63) is 47.4 Å². The minimum Gasteiger partial charge on any atom is -0.444 e. The van der Waals surface area contributed by atoms with Crippen molar-refractivity contribution in [2.24, 2.45) is 5.92 Å². The lowest BCUT2D eigenvalue weighted by atomic mass is 9.81. The van der Waals surface area contributed by atoms with Gasteiger partial charge in [0.2, 0.25) is 5.91 Å². The second kappa shape index (κ2) is 8.80. The van der Waals surface area contributed by atoms with Gasteiger partial charge in [0.1, 0.15) is 18.0 Å². The van der Waals surface area contributed by atoms with Crippen LogP contribution in [0, 0.1) is 23.4 Å². The molecule has 1 heterocycles. The van der Waals surface area contributed by atoms with E-state index in [0.29, 0.717) is 17.0 Å². The third kappa shape index (κ3) is 6.38. The fraction of sp³-hybridized carbons (Fsp3) is 0.500. The van der Waals surface area contributed by atoms with E-state index in [1.165, 1.54) is 0 Å². The van der Waals surface area contributed by atoms with Crippen molar-refractivity contribution >= 4 is 12.0 Å². The molecule has 1 aromatic carbocycles. The summed E-state index contributed by atoms with van der Waals surface area (Å²) in [6.07, 6.45) is -6.04. The summed E-state index contributed by atoms with van der Waals surface area (Å²) in [5.74, 6) is -7.68. The minimum atomic E-state index is -4.81. The van der Waals surface area contributed by atoms with Crippen LogP contribution in [0.3, 0.4) is 0 Å². The quantitative estimate of drug-likeness (QED) is 0.535. The van der Waals surface area contributed by atoms with E-state index in [0.717, 1.165) is 0 Å². The Hall–Kier alpha value is -2.72. The van der Waals surface area contributed by atoms with E-state index in [9.17, 15) is 35.9 Å². The summed E-state index contributed by atoms with van der Waals surface area (Å²) in [4.78, 5) is 24.8. The molecule has 0 aliphatic carbocycles. The van der Waals surface area contributed by atoms with Crippen LogP contribution in [0.1, 0.15) is 38.7 Å². The molecule has 172 valence electrons. The third-order valence-corrected chi connectivity index (χ3v) is 4.51. The van der Waals surface area contributed by atoms with Crippen molar-refractivity contribution < 1.29 is 40.7 Å². The maximum atomic E-state index is 14.3. The second-order valence-corrected chi connectivity index (χ2v) is 8.19. The lowest BCUT2D eigenvalue weighted by molar-refractivity contribution is -0.162. The van der Waals surface area contributed by atoms with Crippen LogP contribution in [0.15, 0.2) is 24.4 Å². The van der Waals surface area contributed by atoms with E-state index in [1.807, 2.05) is 0 Å². The van der Waals surface area contributed by atoms with E-state index >= 15 is 0 Å². The summed E-state index contributed by atoms with van der Waals surface area (Å²) >= 11 is 0. The predicted molar refractivity (Wildman–Crippen MR) is 98.3 cm³/mol. The monoisotopic (exact) mass is 452 g/mol. The van der Waals surface area contributed by atoms with Crippen LogP contribution in [0.25, 0.3) is 0 Å². The Morgan fingerprint density at radius 1 is 1.23 bits per heavy atom. The molecule has 0 spiro atoms. The summed E-state index contributed by atoms with van der Waals surface area (Å²) in [6, 6.07) is 0.943. The van der Waals surface area contributed by atoms with Gasteiger partial charge in [-0.3, -0.25) is 4.79 Å². The number of rotatable bonds is 4. The molecule has 1 aliphatic heterocycles. The Morgan fingerprint density at radius 2 is 1.84 bits per heavy atom. The number of carbonyl (C=O) groups excluding carboxylic acids is 2. The van der Waals surface area contributed by atoms with Crippen LogP contribution in [0.2, 0.25) is 0 Å². The Morgan fingerprint density at radius 3 is 2.39 bits per heavy atom. The molecule has 31 heavy (non-hydrogen) atoms. The van der Waals surface area contributed by atoms with E-state index in [2.05, 4.69) is 11.9 Å². The van der Waals surface area contributed by atoms with Crippen LogP contribution in [0.4, 0.5) is 31.1 Å². The number of alkyl carbamates (subject to hydrolysis) is 1. The van der Waals surface area contributed by atoms with E-state index < -0.39 is 77.4 Å². The molecule has 0 bridgehead atoms. The van der Waals surface area contributed by atoms with Crippen molar-refractivity contribution in [3.8, 4) is 0 Å². The fourth-order valence-electron chi connectivity index (χ4n) is 3.26. The van der Waals surface area contributed by atoms with Crippen molar-refractivity contribution in [1.82, 2.24) is 10.2 Å². The first-order valence-corrected chi connectivity index (χ1v) is 9.27. The molecule has 1 aromatic rings. The van der Waals surface area contributed by atoms with Gasteiger partial charge >= 0.3 is 12.3 Å². The molecule has 1 saturated heterocycles. The average Bonchev–Trinajstić information content (AvgIpc) is 2.59. The van der Waals surface area contributed by atoms with Gasteiger partial charge in [0, 0.05) is 29.8 Å². The molecule has 2 rings (SSSR count). The molecule has 0 saturated carbocycles. The fourth-order valence-corrected chi connectivity index (χ4v) is 3.26. The molecule has 0 radical (unpaired) electrons. The van der Waals surface area contributed by atoms with Crippen molar-refractivity contribution in [1.29, 1.82) is 0 Å². The van der Waals surface area contributed by atoms with Crippen LogP contribution in [0.5, 0.6) is 0 Å². The zero-order chi connectivity index (χ0) is 23.7. The van der Waals surface area contributed by atoms with E-state index in [4.69, 9.17) is 4.74 Å². The SMILES string of the molecule is C=C1[C@H](c2cc(F)cc(F)c2F)CC(CNC(=O)OC(C)(C)C)C(=O)N1CC(F)(F)F. The molecule has 2 amide bonds. The molecule has 5 nitrogen and oxygen atoms in total. The molecular formula is C20H22F6N2O3. The van der Waals surface area contributed by atoms with Gasteiger partial charge in [-0.25, -0.2) is 18.0 Å². The molecular weight excluding hydrogens is 430 g/mol. The third-order valence-electron chi connectivity index (χ3n) is 4.51. The number of nitrogens with zero attached hydrogens (tertiary/aromatic N) is 1. The number of nitrogens with one attached hydrogen (secondary N) is 1. The topological polar surface area (TPSA) is 58.6 Å². The smallest absolute Gasteiger partial charge is 0.407 e. The Kier molecular flexibility index (Phi) is 6.97. The van der Waals surface area contributed by atoms with Gasteiger partial charge in [-0.2, -0.15) is 13.2 Å². The van der Waals surface area contributed by atoms with Gasteiger partial charge in [-0.05, 0) is 33.3 Å².